The van der Waals surface area contributed by atoms with E-state index in [9.17, 15) is 9.59 Å². The maximum absolute atomic E-state index is 12.2. The Morgan fingerprint density at radius 3 is 2.84 bits per heavy atom. The number of halogens is 2. The number of aliphatic carboxylic acids is 1. The van der Waals surface area contributed by atoms with Crippen molar-refractivity contribution in [2.45, 2.75) is 19.3 Å². The van der Waals surface area contributed by atoms with Crippen LogP contribution in [0, 0.1) is 5.92 Å². The van der Waals surface area contributed by atoms with Crippen LogP contribution in [0.2, 0.25) is 10.0 Å². The van der Waals surface area contributed by atoms with E-state index in [4.69, 9.17) is 32.7 Å². The number of rotatable bonds is 5. The van der Waals surface area contributed by atoms with Crippen LogP contribution >= 0.6 is 23.2 Å². The van der Waals surface area contributed by atoms with Gasteiger partial charge in [-0.15, -0.1) is 0 Å². The highest BCUT2D eigenvalue weighted by atomic mass is 35.5. The third-order valence-corrected chi connectivity index (χ3v) is 4.74. The monoisotopic (exact) mass is 382 g/mol. The Kier molecular flexibility index (Phi) is 5.30. The number of oxazole rings is 1. The lowest BCUT2D eigenvalue weighted by Gasteiger charge is -2.14. The first-order chi connectivity index (χ1) is 11.9. The molecule has 0 radical (unpaired) electrons. The highest BCUT2D eigenvalue weighted by molar-refractivity contribution is 6.36. The number of amides is 1. The van der Waals surface area contributed by atoms with E-state index in [2.05, 4.69) is 4.98 Å². The highest BCUT2D eigenvalue weighted by Crippen LogP contribution is 2.31. The minimum atomic E-state index is -0.854. The zero-order chi connectivity index (χ0) is 18.0. The molecule has 1 fully saturated rings. The lowest BCUT2D eigenvalue weighted by Crippen LogP contribution is -2.30. The molecule has 1 atom stereocenters. The Labute approximate surface area is 154 Å². The predicted octanol–water partition coefficient (Wildman–Crippen LogP) is 3.51. The number of aromatic nitrogens is 1. The molecule has 0 bridgehead atoms. The third kappa shape index (κ3) is 4.14. The zero-order valence-corrected chi connectivity index (χ0v) is 14.8. The molecular weight excluding hydrogens is 367 g/mol. The van der Waals surface area contributed by atoms with Crippen molar-refractivity contribution < 1.29 is 19.1 Å². The summed E-state index contributed by atoms with van der Waals surface area (Å²) in [5.41, 5.74) is 0.681. The summed E-state index contributed by atoms with van der Waals surface area (Å²) in [7, 11) is 0. The summed E-state index contributed by atoms with van der Waals surface area (Å²) in [5, 5.41) is 9.98. The van der Waals surface area contributed by atoms with E-state index in [0.29, 0.717) is 46.6 Å². The minimum Gasteiger partial charge on any atom is -0.481 e. The standard InChI is InChI=1S/C17H16Cl2N2O4/c18-11-1-2-12(13(19)7-11)14-8-20-15(25-14)3-4-16(22)21-6-5-10(9-21)17(23)24/h1-2,7-8,10H,3-6,9H2,(H,23,24). The van der Waals surface area contributed by atoms with Crippen LogP contribution in [0.1, 0.15) is 18.7 Å². The Morgan fingerprint density at radius 2 is 2.16 bits per heavy atom. The summed E-state index contributed by atoms with van der Waals surface area (Å²) in [6, 6.07) is 5.08. The molecule has 8 heteroatoms. The number of nitrogens with zero attached hydrogens (tertiary/aromatic N) is 2. The topological polar surface area (TPSA) is 83.6 Å². The number of carboxylic acid groups (broad SMARTS) is 1. The molecule has 1 unspecified atom stereocenters. The number of likely N-dealkylation sites (tertiary alicyclic amines) is 1. The first-order valence-corrected chi connectivity index (χ1v) is 8.60. The summed E-state index contributed by atoms with van der Waals surface area (Å²) in [6.45, 7) is 0.748. The molecule has 3 rings (SSSR count). The molecule has 0 saturated carbocycles. The van der Waals surface area contributed by atoms with Gasteiger partial charge in [0.1, 0.15) is 0 Å². The van der Waals surface area contributed by atoms with Gasteiger partial charge in [-0.3, -0.25) is 9.59 Å². The number of hydrogen-bond acceptors (Lipinski definition) is 4. The predicted molar refractivity (Wildman–Crippen MR) is 92.6 cm³/mol. The number of carbonyl (C=O) groups is 2. The summed E-state index contributed by atoms with van der Waals surface area (Å²) < 4.78 is 5.66. The number of carbonyl (C=O) groups excluding carboxylic acids is 1. The van der Waals surface area contributed by atoms with Crippen LogP contribution in [0.4, 0.5) is 0 Å². The second kappa shape index (κ2) is 7.45. The van der Waals surface area contributed by atoms with Crippen molar-refractivity contribution in [1.82, 2.24) is 9.88 Å². The van der Waals surface area contributed by atoms with Crippen molar-refractivity contribution >= 4 is 35.1 Å². The van der Waals surface area contributed by atoms with Crippen molar-refractivity contribution in [2.24, 2.45) is 5.92 Å². The molecule has 0 aliphatic carbocycles. The molecule has 1 aliphatic rings. The number of benzene rings is 1. The van der Waals surface area contributed by atoms with Crippen LogP contribution in [0.3, 0.4) is 0 Å². The van der Waals surface area contributed by atoms with Gasteiger partial charge in [0, 0.05) is 36.5 Å². The third-order valence-electron chi connectivity index (χ3n) is 4.19. The fraction of sp³-hybridized carbons (Fsp3) is 0.353. The molecule has 1 saturated heterocycles. The lowest BCUT2D eigenvalue weighted by molar-refractivity contribution is -0.141. The largest absolute Gasteiger partial charge is 0.481 e. The Morgan fingerprint density at radius 1 is 1.36 bits per heavy atom. The number of carboxylic acids is 1. The Hall–Kier alpha value is -2.05. The van der Waals surface area contributed by atoms with E-state index in [1.165, 1.54) is 0 Å². The summed E-state index contributed by atoms with van der Waals surface area (Å²) >= 11 is 12.0. The van der Waals surface area contributed by atoms with Gasteiger partial charge >= 0.3 is 5.97 Å². The summed E-state index contributed by atoms with van der Waals surface area (Å²) in [6.07, 6.45) is 2.63. The fourth-order valence-corrected chi connectivity index (χ4v) is 3.30. The van der Waals surface area contributed by atoms with E-state index in [1.807, 2.05) is 0 Å². The molecular formula is C17H16Cl2N2O4. The molecule has 1 aromatic heterocycles. The van der Waals surface area contributed by atoms with Crippen molar-refractivity contribution in [2.75, 3.05) is 13.1 Å². The molecule has 0 spiro atoms. The maximum Gasteiger partial charge on any atom is 0.308 e. The first kappa shape index (κ1) is 17.8. The summed E-state index contributed by atoms with van der Waals surface area (Å²) in [4.78, 5) is 28.9. The molecule has 6 nitrogen and oxygen atoms in total. The van der Waals surface area contributed by atoms with Gasteiger partial charge in [0.05, 0.1) is 17.1 Å². The van der Waals surface area contributed by atoms with Gasteiger partial charge in [-0.1, -0.05) is 23.2 Å². The van der Waals surface area contributed by atoms with E-state index in [-0.39, 0.29) is 18.9 Å². The van der Waals surface area contributed by atoms with E-state index < -0.39 is 11.9 Å². The molecule has 2 aromatic rings. The van der Waals surface area contributed by atoms with E-state index in [0.717, 1.165) is 0 Å². The van der Waals surface area contributed by atoms with Gasteiger partial charge in [-0.2, -0.15) is 0 Å². The maximum atomic E-state index is 12.2. The van der Waals surface area contributed by atoms with Crippen LogP contribution in [0.5, 0.6) is 0 Å². The van der Waals surface area contributed by atoms with Gasteiger partial charge in [-0.25, -0.2) is 4.98 Å². The van der Waals surface area contributed by atoms with Gasteiger partial charge < -0.3 is 14.4 Å². The van der Waals surface area contributed by atoms with Crippen molar-refractivity contribution in [3.63, 3.8) is 0 Å². The van der Waals surface area contributed by atoms with Crippen LogP contribution in [0.25, 0.3) is 11.3 Å². The van der Waals surface area contributed by atoms with Crippen LogP contribution in [0.15, 0.2) is 28.8 Å². The lowest BCUT2D eigenvalue weighted by atomic mass is 10.1. The molecule has 132 valence electrons. The molecule has 1 amide bonds. The molecule has 1 aliphatic heterocycles. The average molecular weight is 383 g/mol. The quantitative estimate of drug-likeness (QED) is 0.854. The van der Waals surface area contributed by atoms with Crippen LogP contribution in [-0.4, -0.2) is 40.0 Å². The van der Waals surface area contributed by atoms with Crippen molar-refractivity contribution in [3.05, 3.63) is 40.3 Å². The average Bonchev–Trinajstić information content (AvgIpc) is 3.22. The SMILES string of the molecule is O=C(O)C1CCN(C(=O)CCc2ncc(-c3ccc(Cl)cc3Cl)o2)C1. The van der Waals surface area contributed by atoms with Gasteiger partial charge in [0.25, 0.3) is 0 Å². The molecule has 1 N–H and O–H groups in total. The Bertz CT molecular complexity index is 806. The van der Waals surface area contributed by atoms with Gasteiger partial charge in [0.2, 0.25) is 5.91 Å². The molecule has 25 heavy (non-hydrogen) atoms. The normalized spacial score (nSPS) is 17.0. The molecule has 1 aromatic carbocycles. The van der Waals surface area contributed by atoms with E-state index >= 15 is 0 Å². The van der Waals surface area contributed by atoms with Crippen molar-refractivity contribution in [3.8, 4) is 11.3 Å². The fourth-order valence-electron chi connectivity index (χ4n) is 2.80. The van der Waals surface area contributed by atoms with E-state index in [1.54, 1.807) is 29.3 Å². The minimum absolute atomic E-state index is 0.0898. The Balaban J connectivity index is 1.59. The second-order valence-electron chi connectivity index (χ2n) is 5.91. The highest BCUT2D eigenvalue weighted by Gasteiger charge is 2.30. The number of hydrogen-bond donors (Lipinski definition) is 1. The number of aryl methyl sites for hydroxylation is 1. The zero-order valence-electron chi connectivity index (χ0n) is 13.2. The smallest absolute Gasteiger partial charge is 0.308 e. The van der Waals surface area contributed by atoms with Crippen LogP contribution < -0.4 is 0 Å². The second-order valence-corrected chi connectivity index (χ2v) is 6.75. The van der Waals surface area contributed by atoms with Crippen molar-refractivity contribution in [1.29, 1.82) is 0 Å². The molecule has 2 heterocycles. The van der Waals surface area contributed by atoms with Gasteiger partial charge in [0.15, 0.2) is 11.7 Å². The summed E-state index contributed by atoms with van der Waals surface area (Å²) in [5.74, 6) is -0.468. The first-order valence-electron chi connectivity index (χ1n) is 7.84. The van der Waals surface area contributed by atoms with Crippen LogP contribution in [-0.2, 0) is 16.0 Å². The van der Waals surface area contributed by atoms with Gasteiger partial charge in [-0.05, 0) is 24.6 Å².